The summed E-state index contributed by atoms with van der Waals surface area (Å²) in [4.78, 5) is 0. The van der Waals surface area contributed by atoms with Gasteiger partial charge >= 0.3 is 0 Å². The predicted molar refractivity (Wildman–Crippen MR) is 72.8 cm³/mol. The van der Waals surface area contributed by atoms with Crippen LogP contribution >= 0.6 is 0 Å². The average molecular weight is 235 g/mol. The summed E-state index contributed by atoms with van der Waals surface area (Å²) in [5.74, 6) is 10.1. The van der Waals surface area contributed by atoms with Crippen molar-refractivity contribution in [1.29, 1.82) is 0 Å². The molecule has 0 atom stereocenters. The molecule has 18 heavy (non-hydrogen) atoms. The van der Waals surface area contributed by atoms with Gasteiger partial charge in [0.2, 0.25) is 0 Å². The SMILES string of the molecule is C(#CC12CC3CC(CC(C3)C1)C2)c1c[c]ccc1. The van der Waals surface area contributed by atoms with Crippen LogP contribution in [0.25, 0.3) is 0 Å². The van der Waals surface area contributed by atoms with Crippen molar-refractivity contribution in [3.05, 3.63) is 35.9 Å². The first-order valence-electron chi connectivity index (χ1n) is 7.31. The van der Waals surface area contributed by atoms with E-state index in [9.17, 15) is 0 Å². The number of rotatable bonds is 0. The fourth-order valence-electron chi connectivity index (χ4n) is 4.94. The molecule has 0 amide bonds. The first-order chi connectivity index (χ1) is 8.81. The lowest BCUT2D eigenvalue weighted by Crippen LogP contribution is -2.45. The molecule has 0 unspecified atom stereocenters. The summed E-state index contributed by atoms with van der Waals surface area (Å²) in [5.41, 5.74) is 1.51. The fourth-order valence-corrected chi connectivity index (χ4v) is 4.94. The summed E-state index contributed by atoms with van der Waals surface area (Å²) >= 11 is 0. The van der Waals surface area contributed by atoms with E-state index in [0.29, 0.717) is 5.41 Å². The van der Waals surface area contributed by atoms with Gasteiger partial charge < -0.3 is 0 Å². The highest BCUT2D eigenvalue weighted by atomic mass is 14.5. The van der Waals surface area contributed by atoms with Gasteiger partial charge in [0.15, 0.2) is 0 Å². The highest BCUT2D eigenvalue weighted by molar-refractivity contribution is 5.35. The Kier molecular flexibility index (Phi) is 2.31. The van der Waals surface area contributed by atoms with E-state index in [1.807, 2.05) is 18.2 Å². The third-order valence-electron chi connectivity index (χ3n) is 5.22. The molecule has 4 aliphatic rings. The molecule has 0 aliphatic heterocycles. The average Bonchev–Trinajstić information content (AvgIpc) is 2.36. The number of benzene rings is 1. The molecule has 0 heteroatoms. The topological polar surface area (TPSA) is 0 Å². The van der Waals surface area contributed by atoms with Crippen molar-refractivity contribution in [3.63, 3.8) is 0 Å². The van der Waals surface area contributed by atoms with Gasteiger partial charge in [-0.25, -0.2) is 0 Å². The summed E-state index contributed by atoms with van der Waals surface area (Å²) in [6, 6.07) is 11.2. The molecule has 0 N–H and O–H groups in total. The van der Waals surface area contributed by atoms with E-state index in [1.54, 1.807) is 0 Å². The van der Waals surface area contributed by atoms with E-state index in [4.69, 9.17) is 0 Å². The van der Waals surface area contributed by atoms with Gasteiger partial charge in [0.25, 0.3) is 0 Å². The Balaban J connectivity index is 1.63. The van der Waals surface area contributed by atoms with E-state index < -0.39 is 0 Å². The van der Waals surface area contributed by atoms with Crippen molar-refractivity contribution in [2.75, 3.05) is 0 Å². The normalized spacial score (nSPS) is 40.3. The second-order valence-electron chi connectivity index (χ2n) is 6.74. The Morgan fingerprint density at radius 3 is 2.28 bits per heavy atom. The highest BCUT2D eigenvalue weighted by Crippen LogP contribution is 2.59. The standard InChI is InChI=1S/C18H19/c1-2-4-14(5-3-1)6-7-18-11-15-8-16(12-18)10-17(9-15)13-18/h1-2,4-5,15-17H,8-13H2. The van der Waals surface area contributed by atoms with Crippen LogP contribution in [0.3, 0.4) is 0 Å². The third-order valence-corrected chi connectivity index (χ3v) is 5.22. The van der Waals surface area contributed by atoms with Gasteiger partial charge in [-0.05, 0) is 74.5 Å². The molecule has 4 saturated carbocycles. The summed E-state index contributed by atoms with van der Waals surface area (Å²) < 4.78 is 0. The molecule has 4 aliphatic carbocycles. The minimum Gasteiger partial charge on any atom is -0.0911 e. The smallest absolute Gasteiger partial charge is 0.0326 e. The fraction of sp³-hybridized carbons (Fsp3) is 0.556. The van der Waals surface area contributed by atoms with Crippen molar-refractivity contribution in [3.8, 4) is 11.8 Å². The second kappa shape index (κ2) is 3.89. The van der Waals surface area contributed by atoms with Gasteiger partial charge in [0.05, 0.1) is 0 Å². The van der Waals surface area contributed by atoms with Crippen LogP contribution in [-0.2, 0) is 0 Å². The van der Waals surface area contributed by atoms with E-state index >= 15 is 0 Å². The maximum atomic E-state index is 3.67. The number of hydrogen-bond donors (Lipinski definition) is 0. The van der Waals surface area contributed by atoms with Crippen LogP contribution in [0.4, 0.5) is 0 Å². The van der Waals surface area contributed by atoms with E-state index in [2.05, 4.69) is 24.0 Å². The second-order valence-corrected chi connectivity index (χ2v) is 6.74. The molecule has 0 spiro atoms. The van der Waals surface area contributed by atoms with Gasteiger partial charge in [-0.1, -0.05) is 24.0 Å². The number of hydrogen-bond acceptors (Lipinski definition) is 0. The van der Waals surface area contributed by atoms with Crippen LogP contribution < -0.4 is 0 Å². The highest BCUT2D eigenvalue weighted by Gasteiger charge is 2.50. The summed E-state index contributed by atoms with van der Waals surface area (Å²) in [6.07, 6.45) is 8.63. The largest absolute Gasteiger partial charge is 0.0911 e. The predicted octanol–water partition coefficient (Wildman–Crippen LogP) is 4.05. The molecule has 1 aromatic carbocycles. The molecule has 5 rings (SSSR count). The molecule has 0 nitrogen and oxygen atoms in total. The van der Waals surface area contributed by atoms with E-state index in [0.717, 1.165) is 23.3 Å². The van der Waals surface area contributed by atoms with Crippen LogP contribution in [0, 0.1) is 41.1 Å². The van der Waals surface area contributed by atoms with Crippen LogP contribution in [-0.4, -0.2) is 0 Å². The molecule has 0 heterocycles. The lowest BCUT2D eigenvalue weighted by molar-refractivity contribution is -0.0181. The van der Waals surface area contributed by atoms with Crippen molar-refractivity contribution < 1.29 is 0 Å². The molecule has 4 fully saturated rings. The quantitative estimate of drug-likeness (QED) is 0.595. The van der Waals surface area contributed by atoms with Gasteiger partial charge in [-0.15, -0.1) is 0 Å². The van der Waals surface area contributed by atoms with Crippen LogP contribution in [0.2, 0.25) is 0 Å². The van der Waals surface area contributed by atoms with Crippen molar-refractivity contribution in [2.45, 2.75) is 38.5 Å². The molecule has 0 saturated heterocycles. The van der Waals surface area contributed by atoms with Gasteiger partial charge in [-0.3, -0.25) is 0 Å². The molecule has 0 aromatic heterocycles. The zero-order chi connectivity index (χ0) is 12.0. The molecule has 4 bridgehead atoms. The third kappa shape index (κ3) is 1.77. The monoisotopic (exact) mass is 235 g/mol. The first-order valence-corrected chi connectivity index (χ1v) is 7.31. The van der Waals surface area contributed by atoms with Crippen molar-refractivity contribution in [2.24, 2.45) is 23.2 Å². The van der Waals surface area contributed by atoms with Crippen LogP contribution in [0.1, 0.15) is 44.1 Å². The van der Waals surface area contributed by atoms with Crippen molar-refractivity contribution in [1.82, 2.24) is 0 Å². The Labute approximate surface area is 110 Å². The maximum Gasteiger partial charge on any atom is 0.0326 e. The summed E-state index contributed by atoms with van der Waals surface area (Å²) in [5, 5.41) is 0. The molecular formula is C18H19. The summed E-state index contributed by atoms with van der Waals surface area (Å²) in [7, 11) is 0. The summed E-state index contributed by atoms with van der Waals surface area (Å²) in [6.45, 7) is 0. The first kappa shape index (κ1) is 10.7. The van der Waals surface area contributed by atoms with Gasteiger partial charge in [0, 0.05) is 11.0 Å². The molecule has 1 radical (unpaired) electrons. The van der Waals surface area contributed by atoms with Gasteiger partial charge in [0.1, 0.15) is 0 Å². The lowest BCUT2D eigenvalue weighted by Gasteiger charge is -2.54. The van der Waals surface area contributed by atoms with Gasteiger partial charge in [-0.2, -0.15) is 0 Å². The molecule has 1 aromatic rings. The Morgan fingerprint density at radius 2 is 1.72 bits per heavy atom. The zero-order valence-corrected chi connectivity index (χ0v) is 10.8. The molecule has 91 valence electrons. The van der Waals surface area contributed by atoms with Crippen LogP contribution in [0.5, 0.6) is 0 Å². The zero-order valence-electron chi connectivity index (χ0n) is 10.8. The van der Waals surface area contributed by atoms with E-state index in [-0.39, 0.29) is 0 Å². The maximum absolute atomic E-state index is 3.67. The van der Waals surface area contributed by atoms with Crippen LogP contribution in [0.15, 0.2) is 24.3 Å². The molecular weight excluding hydrogens is 216 g/mol. The Hall–Kier alpha value is -1.22. The lowest BCUT2D eigenvalue weighted by atomic mass is 9.50. The minimum atomic E-state index is 0.380. The van der Waals surface area contributed by atoms with Crippen molar-refractivity contribution >= 4 is 0 Å². The Morgan fingerprint density at radius 1 is 1.06 bits per heavy atom. The Bertz CT molecular complexity index is 465. The van der Waals surface area contributed by atoms with E-state index in [1.165, 1.54) is 38.5 Å². The minimum absolute atomic E-state index is 0.380.